The summed E-state index contributed by atoms with van der Waals surface area (Å²) in [5.41, 5.74) is 11.0. The molecule has 166 valence electrons. The summed E-state index contributed by atoms with van der Waals surface area (Å²) in [5, 5.41) is 29.6. The maximum absolute atomic E-state index is 10.0. The lowest BCUT2D eigenvalue weighted by Gasteiger charge is -2.13. The zero-order valence-corrected chi connectivity index (χ0v) is 17.9. The van der Waals surface area contributed by atoms with Gasteiger partial charge in [0.05, 0.1) is 0 Å². The first-order valence-electron chi connectivity index (χ1n) is 10.5. The predicted molar refractivity (Wildman–Crippen MR) is 123 cm³/mol. The number of aliphatic hydroxyl groups is 3. The molecule has 5 N–H and O–H groups in total. The van der Waals surface area contributed by atoms with Gasteiger partial charge < -0.3 is 30.2 Å². The third kappa shape index (κ3) is 4.84. The highest BCUT2D eigenvalue weighted by Gasteiger charge is 2.16. The normalized spacial score (nSPS) is 12.4. The highest BCUT2D eigenvalue weighted by Crippen LogP contribution is 2.35. The second kappa shape index (κ2) is 9.54. The molecule has 1 atom stereocenters. The van der Waals surface area contributed by atoms with Crippen LogP contribution in [0.4, 0.5) is 0 Å². The second-order valence-corrected chi connectivity index (χ2v) is 7.87. The van der Waals surface area contributed by atoms with Gasteiger partial charge >= 0.3 is 0 Å². The number of benzene rings is 3. The Morgan fingerprint density at radius 1 is 0.938 bits per heavy atom. The quantitative estimate of drug-likeness (QED) is 0.312. The molecule has 1 heterocycles. The van der Waals surface area contributed by atoms with Crippen molar-refractivity contribution in [3.63, 3.8) is 0 Å². The molecule has 0 aliphatic rings. The molecule has 3 aromatic carbocycles. The Kier molecular flexibility index (Phi) is 6.58. The van der Waals surface area contributed by atoms with Crippen LogP contribution in [0, 0.1) is 0 Å². The lowest BCUT2D eigenvalue weighted by molar-refractivity contribution is -0.0385. The predicted octanol–water partition coefficient (Wildman–Crippen LogP) is 4.04. The fourth-order valence-electron chi connectivity index (χ4n) is 3.78. The van der Waals surface area contributed by atoms with E-state index in [1.54, 1.807) is 6.92 Å². The number of furan rings is 1. The van der Waals surface area contributed by atoms with Gasteiger partial charge in [0.25, 0.3) is 0 Å². The van der Waals surface area contributed by atoms with Crippen molar-refractivity contribution in [2.75, 3.05) is 0 Å². The third-order valence-electron chi connectivity index (χ3n) is 5.35. The van der Waals surface area contributed by atoms with Crippen molar-refractivity contribution < 1.29 is 24.5 Å². The van der Waals surface area contributed by atoms with Gasteiger partial charge in [-0.25, -0.2) is 0 Å². The monoisotopic (exact) mass is 433 g/mol. The number of hydrogen-bond donors (Lipinski definition) is 4. The highest BCUT2D eigenvalue weighted by atomic mass is 16.5. The van der Waals surface area contributed by atoms with E-state index in [2.05, 4.69) is 0 Å². The van der Waals surface area contributed by atoms with Gasteiger partial charge in [0.15, 0.2) is 6.29 Å². The van der Waals surface area contributed by atoms with Gasteiger partial charge in [-0.2, -0.15) is 0 Å². The van der Waals surface area contributed by atoms with E-state index < -0.39 is 12.4 Å². The summed E-state index contributed by atoms with van der Waals surface area (Å²) in [6.45, 7) is 2.39. The van der Waals surface area contributed by atoms with Gasteiger partial charge in [0.1, 0.15) is 29.8 Å². The topological polar surface area (TPSA) is 109 Å². The lowest BCUT2D eigenvalue weighted by atomic mass is 9.99. The van der Waals surface area contributed by atoms with Crippen molar-refractivity contribution in [3.8, 4) is 16.9 Å². The number of rotatable bonds is 8. The molecule has 0 radical (unpaired) electrons. The van der Waals surface area contributed by atoms with E-state index in [0.29, 0.717) is 23.6 Å². The summed E-state index contributed by atoms with van der Waals surface area (Å²) in [6.07, 6.45) is -2.07. The number of nitrogens with two attached hydrogens (primary N) is 1. The standard InChI is InChI=1S/C26H27NO5/c1-16(28)24-12-21-10-18(15-31-23-8-3-2-6-20(23)13-25(29)30)11-22(26(21)32-24)19-7-4-5-17(9-19)14-27/h2-12,16,25,28-30H,13-15,27H2,1H3/t16-/m0/s1. The molecular formula is C26H27NO5. The van der Waals surface area contributed by atoms with Crippen LogP contribution >= 0.6 is 0 Å². The number of para-hydroxylation sites is 1. The van der Waals surface area contributed by atoms with Gasteiger partial charge in [0.2, 0.25) is 0 Å². The van der Waals surface area contributed by atoms with E-state index >= 15 is 0 Å². The molecule has 1 aromatic heterocycles. The Bertz CT molecular complexity index is 1210. The number of hydrogen-bond acceptors (Lipinski definition) is 6. The molecule has 4 rings (SSSR count). The van der Waals surface area contributed by atoms with Crippen molar-refractivity contribution in [2.45, 2.75) is 38.9 Å². The molecule has 0 bridgehead atoms. The molecule has 6 heteroatoms. The smallest absolute Gasteiger partial charge is 0.155 e. The van der Waals surface area contributed by atoms with E-state index in [1.165, 1.54) is 0 Å². The molecule has 0 aliphatic carbocycles. The Morgan fingerprint density at radius 2 is 1.75 bits per heavy atom. The van der Waals surface area contributed by atoms with Crippen molar-refractivity contribution in [3.05, 3.63) is 89.2 Å². The van der Waals surface area contributed by atoms with Crippen LogP contribution in [0.15, 0.2) is 71.1 Å². The summed E-state index contributed by atoms with van der Waals surface area (Å²) in [6, 6.07) is 21.1. The van der Waals surface area contributed by atoms with E-state index in [9.17, 15) is 15.3 Å². The van der Waals surface area contributed by atoms with Crippen LogP contribution in [0.5, 0.6) is 5.75 Å². The highest BCUT2D eigenvalue weighted by molar-refractivity contribution is 5.93. The Balaban J connectivity index is 1.73. The first-order chi connectivity index (χ1) is 15.4. The van der Waals surface area contributed by atoms with E-state index in [0.717, 1.165) is 33.2 Å². The fourth-order valence-corrected chi connectivity index (χ4v) is 3.78. The van der Waals surface area contributed by atoms with Crippen LogP contribution in [0.2, 0.25) is 0 Å². The van der Waals surface area contributed by atoms with Gasteiger partial charge in [0, 0.05) is 23.9 Å². The number of fused-ring (bicyclic) bond motifs is 1. The molecule has 0 aliphatic heterocycles. The maximum Gasteiger partial charge on any atom is 0.155 e. The molecule has 6 nitrogen and oxygen atoms in total. The van der Waals surface area contributed by atoms with Crippen molar-refractivity contribution in [1.82, 2.24) is 0 Å². The minimum absolute atomic E-state index is 0.0891. The number of ether oxygens (including phenoxy) is 1. The molecule has 0 saturated heterocycles. The summed E-state index contributed by atoms with van der Waals surface area (Å²) < 4.78 is 12.0. The Hall–Kier alpha value is -3.16. The first kappa shape index (κ1) is 22.0. The SMILES string of the molecule is C[C@H](O)c1cc2cc(COc3ccccc3CC(O)O)cc(-c3cccc(CN)c3)c2o1. The summed E-state index contributed by atoms with van der Waals surface area (Å²) in [4.78, 5) is 0. The van der Waals surface area contributed by atoms with Crippen molar-refractivity contribution in [1.29, 1.82) is 0 Å². The summed E-state index contributed by atoms with van der Waals surface area (Å²) >= 11 is 0. The fraction of sp³-hybridized carbons (Fsp3) is 0.231. The molecule has 0 fully saturated rings. The van der Waals surface area contributed by atoms with Crippen LogP contribution in [0.1, 0.15) is 35.5 Å². The van der Waals surface area contributed by atoms with Crippen LogP contribution in [-0.2, 0) is 19.6 Å². The first-order valence-corrected chi connectivity index (χ1v) is 10.5. The largest absolute Gasteiger partial charge is 0.489 e. The Labute approximate surface area is 186 Å². The number of aliphatic hydroxyl groups excluding tert-OH is 2. The minimum Gasteiger partial charge on any atom is -0.489 e. The van der Waals surface area contributed by atoms with E-state index in [4.69, 9.17) is 14.9 Å². The molecule has 4 aromatic rings. The van der Waals surface area contributed by atoms with Gasteiger partial charge in [-0.05, 0) is 59.5 Å². The van der Waals surface area contributed by atoms with E-state index in [-0.39, 0.29) is 13.0 Å². The third-order valence-corrected chi connectivity index (χ3v) is 5.35. The van der Waals surface area contributed by atoms with Crippen LogP contribution in [0.3, 0.4) is 0 Å². The maximum atomic E-state index is 10.0. The summed E-state index contributed by atoms with van der Waals surface area (Å²) in [5.74, 6) is 1.10. The molecule has 32 heavy (non-hydrogen) atoms. The van der Waals surface area contributed by atoms with Crippen molar-refractivity contribution in [2.24, 2.45) is 5.73 Å². The molecule has 0 saturated carbocycles. The van der Waals surface area contributed by atoms with E-state index in [1.807, 2.05) is 66.7 Å². The zero-order chi connectivity index (χ0) is 22.7. The lowest BCUT2D eigenvalue weighted by Crippen LogP contribution is -2.09. The van der Waals surface area contributed by atoms with Crippen LogP contribution in [0.25, 0.3) is 22.1 Å². The minimum atomic E-state index is -1.44. The average molecular weight is 434 g/mol. The van der Waals surface area contributed by atoms with Gasteiger partial charge in [-0.3, -0.25) is 0 Å². The zero-order valence-electron chi connectivity index (χ0n) is 17.9. The molecule has 0 unspecified atom stereocenters. The van der Waals surface area contributed by atoms with Gasteiger partial charge in [-0.1, -0.05) is 36.4 Å². The average Bonchev–Trinajstić information content (AvgIpc) is 3.22. The second-order valence-electron chi connectivity index (χ2n) is 7.87. The summed E-state index contributed by atoms with van der Waals surface area (Å²) in [7, 11) is 0. The molecule has 0 amide bonds. The van der Waals surface area contributed by atoms with Crippen LogP contribution in [-0.4, -0.2) is 21.6 Å². The molecular weight excluding hydrogens is 406 g/mol. The Morgan fingerprint density at radius 3 is 2.50 bits per heavy atom. The van der Waals surface area contributed by atoms with Crippen LogP contribution < -0.4 is 10.5 Å². The van der Waals surface area contributed by atoms with Gasteiger partial charge in [-0.15, -0.1) is 0 Å². The molecule has 0 spiro atoms. The van der Waals surface area contributed by atoms with Crippen molar-refractivity contribution >= 4 is 11.0 Å².